The lowest BCUT2D eigenvalue weighted by molar-refractivity contribution is -0.0483. The van der Waals surface area contributed by atoms with Gasteiger partial charge in [-0.2, -0.15) is 0 Å². The van der Waals surface area contributed by atoms with Gasteiger partial charge in [-0.3, -0.25) is 0 Å². The Labute approximate surface area is 111 Å². The number of hydrogen-bond donors (Lipinski definition) is 1. The van der Waals surface area contributed by atoms with Crippen LogP contribution in [-0.2, 0) is 4.74 Å². The monoisotopic (exact) mass is 259 g/mol. The van der Waals surface area contributed by atoms with Crippen molar-refractivity contribution in [2.75, 3.05) is 31.1 Å². The summed E-state index contributed by atoms with van der Waals surface area (Å²) in [7, 11) is 0. The number of ether oxygens (including phenoxy) is 1. The van der Waals surface area contributed by atoms with Gasteiger partial charge in [-0.05, 0) is 18.2 Å². The second kappa shape index (κ2) is 4.21. The van der Waals surface area contributed by atoms with E-state index in [0.29, 0.717) is 12.2 Å². The lowest BCUT2D eigenvalue weighted by Crippen LogP contribution is -2.58. The first-order chi connectivity index (χ1) is 9.28. The van der Waals surface area contributed by atoms with E-state index in [1.165, 1.54) is 5.69 Å². The minimum Gasteiger partial charge on any atom is -0.441 e. The van der Waals surface area contributed by atoms with E-state index in [2.05, 4.69) is 27.3 Å². The van der Waals surface area contributed by atoms with Crippen LogP contribution in [0.1, 0.15) is 5.89 Å². The lowest BCUT2D eigenvalue weighted by atomic mass is 10.1. The highest BCUT2D eigenvalue weighted by atomic mass is 16.5. The van der Waals surface area contributed by atoms with Gasteiger partial charge in [0.25, 0.3) is 0 Å². The third-order valence-electron chi connectivity index (χ3n) is 3.82. The van der Waals surface area contributed by atoms with Gasteiger partial charge in [0.1, 0.15) is 5.52 Å². The summed E-state index contributed by atoms with van der Waals surface area (Å²) in [5.74, 6) is 0.718. The Hall–Kier alpha value is -1.59. The minimum atomic E-state index is 0.294. The standard InChI is InChI=1S/C14H17N3O2/c1-9-16-13-4-10(2-3-14(13)18-9)17-7-11-5-15-6-12(8-17)19-11/h2-4,11-12,15H,5-8H2,1H3. The lowest BCUT2D eigenvalue weighted by Gasteiger charge is -2.42. The molecule has 0 saturated carbocycles. The molecule has 5 heteroatoms. The van der Waals surface area contributed by atoms with Gasteiger partial charge < -0.3 is 19.4 Å². The SMILES string of the molecule is Cc1nc2cc(N3CC4CNCC(C3)O4)ccc2o1. The second-order valence-corrected chi connectivity index (χ2v) is 5.33. The van der Waals surface area contributed by atoms with E-state index in [1.807, 2.05) is 13.0 Å². The average molecular weight is 259 g/mol. The zero-order chi connectivity index (χ0) is 12.8. The molecule has 5 nitrogen and oxygen atoms in total. The molecule has 19 heavy (non-hydrogen) atoms. The van der Waals surface area contributed by atoms with E-state index < -0.39 is 0 Å². The molecule has 0 spiro atoms. The fourth-order valence-electron chi connectivity index (χ4n) is 2.99. The number of benzene rings is 1. The quantitative estimate of drug-likeness (QED) is 0.837. The average Bonchev–Trinajstić information content (AvgIpc) is 2.77. The Kier molecular flexibility index (Phi) is 2.50. The summed E-state index contributed by atoms with van der Waals surface area (Å²) in [6, 6.07) is 6.23. The van der Waals surface area contributed by atoms with Gasteiger partial charge in [-0.1, -0.05) is 0 Å². The van der Waals surface area contributed by atoms with Crippen molar-refractivity contribution < 1.29 is 9.15 Å². The van der Waals surface area contributed by atoms with Gasteiger partial charge in [-0.25, -0.2) is 4.98 Å². The maximum absolute atomic E-state index is 5.93. The first kappa shape index (κ1) is 11.3. The molecule has 1 aromatic heterocycles. The fraction of sp³-hybridized carbons (Fsp3) is 0.500. The highest BCUT2D eigenvalue weighted by Crippen LogP contribution is 2.26. The number of rotatable bonds is 1. The van der Waals surface area contributed by atoms with Crippen LogP contribution in [0.2, 0.25) is 0 Å². The topological polar surface area (TPSA) is 50.5 Å². The number of aromatic nitrogens is 1. The Morgan fingerprint density at radius 2 is 2.05 bits per heavy atom. The third-order valence-corrected chi connectivity index (χ3v) is 3.82. The Balaban J connectivity index is 1.66. The van der Waals surface area contributed by atoms with E-state index in [4.69, 9.17) is 9.15 Å². The summed E-state index contributed by atoms with van der Waals surface area (Å²) < 4.78 is 11.4. The number of oxazole rings is 1. The highest BCUT2D eigenvalue weighted by Gasteiger charge is 2.31. The number of nitrogens with zero attached hydrogens (tertiary/aromatic N) is 2. The zero-order valence-corrected chi connectivity index (χ0v) is 10.9. The predicted octanol–water partition coefficient (Wildman–Crippen LogP) is 1.31. The Morgan fingerprint density at radius 1 is 1.26 bits per heavy atom. The molecule has 3 heterocycles. The van der Waals surface area contributed by atoms with Crippen molar-refractivity contribution in [3.63, 3.8) is 0 Å². The van der Waals surface area contributed by atoms with E-state index in [1.54, 1.807) is 0 Å². The minimum absolute atomic E-state index is 0.294. The Bertz CT molecular complexity index is 598. The van der Waals surface area contributed by atoms with Crippen LogP contribution in [0.3, 0.4) is 0 Å². The number of morpholine rings is 2. The molecule has 2 aliphatic heterocycles. The molecule has 1 aromatic carbocycles. The summed E-state index contributed by atoms with van der Waals surface area (Å²) in [5.41, 5.74) is 3.00. The van der Waals surface area contributed by atoms with Gasteiger partial charge in [0.2, 0.25) is 0 Å². The number of nitrogens with one attached hydrogen (secondary N) is 1. The van der Waals surface area contributed by atoms with Crippen LogP contribution in [0, 0.1) is 6.92 Å². The van der Waals surface area contributed by atoms with Crippen LogP contribution >= 0.6 is 0 Å². The molecule has 2 aromatic rings. The summed E-state index contributed by atoms with van der Waals surface area (Å²) >= 11 is 0. The van der Waals surface area contributed by atoms with Gasteiger partial charge in [-0.15, -0.1) is 0 Å². The molecule has 2 atom stereocenters. The van der Waals surface area contributed by atoms with Crippen LogP contribution in [0.15, 0.2) is 22.6 Å². The zero-order valence-electron chi connectivity index (χ0n) is 10.9. The van der Waals surface area contributed by atoms with E-state index in [0.717, 1.165) is 43.2 Å². The maximum atomic E-state index is 5.93. The van der Waals surface area contributed by atoms with Crippen molar-refractivity contribution in [2.45, 2.75) is 19.1 Å². The van der Waals surface area contributed by atoms with Gasteiger partial charge in [0.05, 0.1) is 12.2 Å². The number of anilines is 1. The molecule has 4 rings (SSSR count). The molecule has 0 radical (unpaired) electrons. The molecule has 2 bridgehead atoms. The number of fused-ring (bicyclic) bond motifs is 3. The summed E-state index contributed by atoms with van der Waals surface area (Å²) in [6.07, 6.45) is 0.587. The number of hydrogen-bond acceptors (Lipinski definition) is 5. The van der Waals surface area contributed by atoms with Crippen molar-refractivity contribution in [1.82, 2.24) is 10.3 Å². The van der Waals surface area contributed by atoms with Crippen LogP contribution < -0.4 is 10.2 Å². The summed E-state index contributed by atoms with van der Waals surface area (Å²) in [6.45, 7) is 5.64. The van der Waals surface area contributed by atoms with E-state index >= 15 is 0 Å². The van der Waals surface area contributed by atoms with Crippen molar-refractivity contribution in [1.29, 1.82) is 0 Å². The fourth-order valence-corrected chi connectivity index (χ4v) is 2.99. The van der Waals surface area contributed by atoms with Crippen LogP contribution in [0.5, 0.6) is 0 Å². The molecule has 1 N–H and O–H groups in total. The third kappa shape index (κ3) is 1.99. The molecule has 2 saturated heterocycles. The van der Waals surface area contributed by atoms with E-state index in [9.17, 15) is 0 Å². The molecule has 0 aliphatic carbocycles. The molecular weight excluding hydrogens is 242 g/mol. The molecule has 0 amide bonds. The van der Waals surface area contributed by atoms with Crippen molar-refractivity contribution in [2.24, 2.45) is 0 Å². The van der Waals surface area contributed by atoms with Gasteiger partial charge >= 0.3 is 0 Å². The maximum Gasteiger partial charge on any atom is 0.192 e. The van der Waals surface area contributed by atoms with Crippen molar-refractivity contribution in [3.8, 4) is 0 Å². The molecule has 2 unspecified atom stereocenters. The first-order valence-corrected chi connectivity index (χ1v) is 6.76. The van der Waals surface area contributed by atoms with Crippen molar-refractivity contribution in [3.05, 3.63) is 24.1 Å². The predicted molar refractivity (Wildman–Crippen MR) is 72.5 cm³/mol. The van der Waals surface area contributed by atoms with Gasteiger partial charge in [0.15, 0.2) is 11.5 Å². The van der Waals surface area contributed by atoms with Crippen LogP contribution in [0.25, 0.3) is 11.1 Å². The molecule has 2 fully saturated rings. The molecular formula is C14H17N3O2. The smallest absolute Gasteiger partial charge is 0.192 e. The van der Waals surface area contributed by atoms with Gasteiger partial charge in [0, 0.05) is 38.8 Å². The van der Waals surface area contributed by atoms with Crippen LogP contribution in [0.4, 0.5) is 5.69 Å². The van der Waals surface area contributed by atoms with Crippen LogP contribution in [-0.4, -0.2) is 43.4 Å². The van der Waals surface area contributed by atoms with Crippen molar-refractivity contribution >= 4 is 16.8 Å². The largest absolute Gasteiger partial charge is 0.441 e. The highest BCUT2D eigenvalue weighted by molar-refractivity contribution is 5.77. The van der Waals surface area contributed by atoms with E-state index in [-0.39, 0.29) is 0 Å². The molecule has 100 valence electrons. The number of aryl methyl sites for hydroxylation is 1. The second-order valence-electron chi connectivity index (χ2n) is 5.33. The Morgan fingerprint density at radius 3 is 2.84 bits per heavy atom. The first-order valence-electron chi connectivity index (χ1n) is 6.76. The molecule has 2 aliphatic rings. The summed E-state index contributed by atoms with van der Waals surface area (Å²) in [5, 5.41) is 3.41. The summed E-state index contributed by atoms with van der Waals surface area (Å²) in [4.78, 5) is 6.80. The normalized spacial score (nSPS) is 26.9.